The van der Waals surface area contributed by atoms with Crippen LogP contribution in [0.2, 0.25) is 0 Å². The lowest BCUT2D eigenvalue weighted by Crippen LogP contribution is -2.27. The smallest absolute Gasteiger partial charge is 0.251 e. The lowest BCUT2D eigenvalue weighted by atomic mass is 10.1. The number of aryl methyl sites for hydroxylation is 1. The Kier molecular flexibility index (Phi) is 4.65. The van der Waals surface area contributed by atoms with E-state index in [9.17, 15) is 4.79 Å². The standard InChI is InChI=1S/C22H20N2O2/c25-22(24-21-11-10-17-6-1-2-9-20(17)21)18-7-3-8-19(13-18)26-15-16-5-4-12-23-14-16/h1-9,12-14,21H,10-11,15H2,(H,24,25). The van der Waals surface area contributed by atoms with Gasteiger partial charge >= 0.3 is 0 Å². The number of rotatable bonds is 5. The predicted octanol–water partition coefficient (Wildman–Crippen LogP) is 4.08. The first kappa shape index (κ1) is 16.3. The van der Waals surface area contributed by atoms with Crippen molar-refractivity contribution in [1.82, 2.24) is 10.3 Å². The Morgan fingerprint density at radius 2 is 2.04 bits per heavy atom. The van der Waals surface area contributed by atoms with Crippen LogP contribution in [-0.2, 0) is 13.0 Å². The lowest BCUT2D eigenvalue weighted by molar-refractivity contribution is 0.0936. The zero-order chi connectivity index (χ0) is 17.8. The molecule has 2 aromatic carbocycles. The molecule has 1 atom stereocenters. The summed E-state index contributed by atoms with van der Waals surface area (Å²) >= 11 is 0. The predicted molar refractivity (Wildman–Crippen MR) is 100.0 cm³/mol. The van der Waals surface area contributed by atoms with Crippen molar-refractivity contribution in [3.63, 3.8) is 0 Å². The normalized spacial score (nSPS) is 15.3. The van der Waals surface area contributed by atoms with Crippen LogP contribution >= 0.6 is 0 Å². The van der Waals surface area contributed by atoms with Crippen LogP contribution in [-0.4, -0.2) is 10.9 Å². The van der Waals surface area contributed by atoms with Crippen molar-refractivity contribution in [3.8, 4) is 5.75 Å². The van der Waals surface area contributed by atoms with Crippen LogP contribution in [0.3, 0.4) is 0 Å². The summed E-state index contributed by atoms with van der Waals surface area (Å²) in [7, 11) is 0. The largest absolute Gasteiger partial charge is 0.489 e. The molecule has 0 fully saturated rings. The zero-order valence-electron chi connectivity index (χ0n) is 14.4. The number of nitrogens with one attached hydrogen (secondary N) is 1. The summed E-state index contributed by atoms with van der Waals surface area (Å²) in [6.45, 7) is 0.426. The van der Waals surface area contributed by atoms with E-state index in [0.29, 0.717) is 17.9 Å². The molecule has 1 unspecified atom stereocenters. The van der Waals surface area contributed by atoms with E-state index >= 15 is 0 Å². The van der Waals surface area contributed by atoms with E-state index in [2.05, 4.69) is 22.4 Å². The van der Waals surface area contributed by atoms with Gasteiger partial charge in [-0.1, -0.05) is 36.4 Å². The van der Waals surface area contributed by atoms with Gasteiger partial charge < -0.3 is 10.1 Å². The molecular formula is C22H20N2O2. The van der Waals surface area contributed by atoms with Crippen molar-refractivity contribution in [2.75, 3.05) is 0 Å². The maximum Gasteiger partial charge on any atom is 0.251 e. The van der Waals surface area contributed by atoms with Crippen molar-refractivity contribution in [1.29, 1.82) is 0 Å². The quantitative estimate of drug-likeness (QED) is 0.759. The maximum atomic E-state index is 12.7. The molecule has 0 radical (unpaired) electrons. The average Bonchev–Trinajstić information content (AvgIpc) is 3.10. The van der Waals surface area contributed by atoms with Crippen LogP contribution in [0.4, 0.5) is 0 Å². The summed E-state index contributed by atoms with van der Waals surface area (Å²) < 4.78 is 5.79. The van der Waals surface area contributed by atoms with Crippen LogP contribution in [0, 0.1) is 0 Å². The Morgan fingerprint density at radius 3 is 2.92 bits per heavy atom. The molecule has 130 valence electrons. The Morgan fingerprint density at radius 1 is 1.12 bits per heavy atom. The molecule has 0 bridgehead atoms. The molecule has 1 heterocycles. The molecule has 0 spiro atoms. The van der Waals surface area contributed by atoms with E-state index < -0.39 is 0 Å². The van der Waals surface area contributed by atoms with E-state index in [4.69, 9.17) is 4.74 Å². The third kappa shape index (κ3) is 3.59. The third-order valence-corrected chi connectivity index (χ3v) is 4.66. The van der Waals surface area contributed by atoms with Crippen LogP contribution in [0.5, 0.6) is 5.75 Å². The van der Waals surface area contributed by atoms with Gasteiger partial charge in [0.25, 0.3) is 5.91 Å². The number of carbonyl (C=O) groups excluding carboxylic acids is 1. The number of benzene rings is 2. The van der Waals surface area contributed by atoms with Gasteiger partial charge in [0, 0.05) is 23.5 Å². The van der Waals surface area contributed by atoms with Gasteiger partial charge in [-0.15, -0.1) is 0 Å². The maximum absolute atomic E-state index is 12.7. The van der Waals surface area contributed by atoms with E-state index in [1.165, 1.54) is 11.1 Å². The molecule has 1 aliphatic carbocycles. The zero-order valence-corrected chi connectivity index (χ0v) is 14.4. The third-order valence-electron chi connectivity index (χ3n) is 4.66. The minimum absolute atomic E-state index is 0.0708. The number of amides is 1. The fourth-order valence-electron chi connectivity index (χ4n) is 3.33. The van der Waals surface area contributed by atoms with Gasteiger partial charge in [-0.25, -0.2) is 0 Å². The highest BCUT2D eigenvalue weighted by Crippen LogP contribution is 2.31. The topological polar surface area (TPSA) is 51.2 Å². The molecule has 1 N–H and O–H groups in total. The average molecular weight is 344 g/mol. The first-order valence-corrected chi connectivity index (χ1v) is 8.80. The van der Waals surface area contributed by atoms with Crippen LogP contribution in [0.15, 0.2) is 73.1 Å². The Balaban J connectivity index is 1.42. The SMILES string of the molecule is O=C(NC1CCc2ccccc21)c1cccc(OCc2cccnc2)c1. The molecule has 3 aromatic rings. The minimum Gasteiger partial charge on any atom is -0.489 e. The molecule has 1 amide bonds. The van der Waals surface area contributed by atoms with Gasteiger partial charge in [0.05, 0.1) is 6.04 Å². The highest BCUT2D eigenvalue weighted by atomic mass is 16.5. The summed E-state index contributed by atoms with van der Waals surface area (Å²) in [5.74, 6) is 0.604. The second-order valence-corrected chi connectivity index (χ2v) is 6.44. The first-order chi connectivity index (χ1) is 12.8. The van der Waals surface area contributed by atoms with Crippen molar-refractivity contribution in [2.45, 2.75) is 25.5 Å². The number of nitrogens with zero attached hydrogens (tertiary/aromatic N) is 1. The molecule has 0 saturated carbocycles. The summed E-state index contributed by atoms with van der Waals surface area (Å²) in [5, 5.41) is 3.15. The fourth-order valence-corrected chi connectivity index (χ4v) is 3.33. The number of hydrogen-bond acceptors (Lipinski definition) is 3. The summed E-state index contributed by atoms with van der Waals surface area (Å²) in [5.41, 5.74) is 4.15. The molecule has 26 heavy (non-hydrogen) atoms. The monoisotopic (exact) mass is 344 g/mol. The van der Waals surface area contributed by atoms with Gasteiger partial charge in [0.15, 0.2) is 0 Å². The number of ether oxygens (including phenoxy) is 1. The lowest BCUT2D eigenvalue weighted by Gasteiger charge is -2.15. The Labute approximate surface area is 152 Å². The first-order valence-electron chi connectivity index (χ1n) is 8.80. The van der Waals surface area contributed by atoms with E-state index in [0.717, 1.165) is 18.4 Å². The fraction of sp³-hybridized carbons (Fsp3) is 0.182. The molecule has 1 aliphatic rings. The van der Waals surface area contributed by atoms with Gasteiger partial charge in [-0.2, -0.15) is 0 Å². The highest BCUT2D eigenvalue weighted by molar-refractivity contribution is 5.94. The molecular weight excluding hydrogens is 324 g/mol. The molecule has 4 rings (SSSR count). The van der Waals surface area contributed by atoms with Crippen LogP contribution in [0.25, 0.3) is 0 Å². The summed E-state index contributed by atoms with van der Waals surface area (Å²) in [6.07, 6.45) is 5.46. The highest BCUT2D eigenvalue weighted by Gasteiger charge is 2.23. The Hall–Kier alpha value is -3.14. The summed E-state index contributed by atoms with van der Waals surface area (Å²) in [4.78, 5) is 16.7. The van der Waals surface area contributed by atoms with Crippen LogP contribution in [0.1, 0.15) is 39.5 Å². The van der Waals surface area contributed by atoms with E-state index in [-0.39, 0.29) is 11.9 Å². The van der Waals surface area contributed by atoms with Gasteiger partial charge in [-0.3, -0.25) is 9.78 Å². The molecule has 4 nitrogen and oxygen atoms in total. The molecule has 0 aliphatic heterocycles. The Bertz CT molecular complexity index is 909. The van der Waals surface area contributed by atoms with Crippen molar-refractivity contribution in [2.24, 2.45) is 0 Å². The number of fused-ring (bicyclic) bond motifs is 1. The van der Waals surface area contributed by atoms with Gasteiger partial charge in [0.2, 0.25) is 0 Å². The second-order valence-electron chi connectivity index (χ2n) is 6.44. The van der Waals surface area contributed by atoms with Crippen molar-refractivity contribution >= 4 is 5.91 Å². The van der Waals surface area contributed by atoms with Crippen LogP contribution < -0.4 is 10.1 Å². The van der Waals surface area contributed by atoms with Gasteiger partial charge in [-0.05, 0) is 48.2 Å². The van der Waals surface area contributed by atoms with Crippen molar-refractivity contribution in [3.05, 3.63) is 95.3 Å². The number of carbonyl (C=O) groups is 1. The van der Waals surface area contributed by atoms with E-state index in [1.54, 1.807) is 18.5 Å². The summed E-state index contributed by atoms with van der Waals surface area (Å²) in [6, 6.07) is 19.5. The molecule has 1 aromatic heterocycles. The molecule has 0 saturated heterocycles. The van der Waals surface area contributed by atoms with Crippen molar-refractivity contribution < 1.29 is 9.53 Å². The number of aromatic nitrogens is 1. The second kappa shape index (κ2) is 7.40. The minimum atomic E-state index is -0.0708. The number of pyridine rings is 1. The molecule has 4 heteroatoms. The van der Waals surface area contributed by atoms with E-state index in [1.807, 2.05) is 42.5 Å². The van der Waals surface area contributed by atoms with Gasteiger partial charge in [0.1, 0.15) is 12.4 Å². The number of hydrogen-bond donors (Lipinski definition) is 1.